The number of amides is 1. The SMILES string of the molecule is CCOc1ccc(CCCNC(=O)CN(c2ccc(S(=O)(=O)N(C)C)cc2)S(C)(=O)=O)cc1. The molecule has 2 aromatic carbocycles. The van der Waals surface area contributed by atoms with Crippen molar-refractivity contribution >= 4 is 31.6 Å². The molecule has 2 rings (SSSR count). The molecule has 0 radical (unpaired) electrons. The number of anilines is 1. The summed E-state index contributed by atoms with van der Waals surface area (Å²) >= 11 is 0. The highest BCUT2D eigenvalue weighted by atomic mass is 32.2. The number of benzene rings is 2. The van der Waals surface area contributed by atoms with Gasteiger partial charge >= 0.3 is 0 Å². The highest BCUT2D eigenvalue weighted by Gasteiger charge is 2.22. The van der Waals surface area contributed by atoms with Crippen LogP contribution in [0.5, 0.6) is 5.75 Å². The summed E-state index contributed by atoms with van der Waals surface area (Å²) < 4.78 is 56.3. The molecule has 0 heterocycles. The minimum Gasteiger partial charge on any atom is -0.494 e. The number of nitrogens with zero attached hydrogens (tertiary/aromatic N) is 2. The molecular formula is C22H31N3O6S2. The van der Waals surface area contributed by atoms with Crippen LogP contribution in [0.4, 0.5) is 5.69 Å². The maximum Gasteiger partial charge on any atom is 0.242 e. The molecule has 0 fully saturated rings. The van der Waals surface area contributed by atoms with Crippen LogP contribution in [-0.2, 0) is 31.3 Å². The van der Waals surface area contributed by atoms with Crippen LogP contribution in [0.2, 0.25) is 0 Å². The Balaban J connectivity index is 1.95. The van der Waals surface area contributed by atoms with E-state index in [2.05, 4.69) is 5.32 Å². The van der Waals surface area contributed by atoms with Gasteiger partial charge in [-0.15, -0.1) is 0 Å². The summed E-state index contributed by atoms with van der Waals surface area (Å²) in [5, 5.41) is 2.74. The largest absolute Gasteiger partial charge is 0.494 e. The molecule has 182 valence electrons. The molecule has 0 spiro atoms. The van der Waals surface area contributed by atoms with Gasteiger partial charge in [0.2, 0.25) is 26.0 Å². The van der Waals surface area contributed by atoms with Gasteiger partial charge in [-0.2, -0.15) is 0 Å². The average Bonchev–Trinajstić information content (AvgIpc) is 2.75. The Morgan fingerprint density at radius 2 is 1.58 bits per heavy atom. The van der Waals surface area contributed by atoms with Crippen LogP contribution in [-0.4, -0.2) is 67.1 Å². The van der Waals surface area contributed by atoms with Crippen molar-refractivity contribution in [2.24, 2.45) is 0 Å². The van der Waals surface area contributed by atoms with E-state index in [1.807, 2.05) is 31.2 Å². The molecule has 0 aliphatic rings. The Kier molecular flexibility index (Phi) is 9.26. The lowest BCUT2D eigenvalue weighted by Crippen LogP contribution is -2.40. The Labute approximate surface area is 196 Å². The number of ether oxygens (including phenoxy) is 1. The molecule has 33 heavy (non-hydrogen) atoms. The van der Waals surface area contributed by atoms with E-state index in [0.29, 0.717) is 19.6 Å². The third kappa shape index (κ3) is 7.72. The monoisotopic (exact) mass is 497 g/mol. The second-order valence-electron chi connectivity index (χ2n) is 7.58. The van der Waals surface area contributed by atoms with Gasteiger partial charge in [0.25, 0.3) is 0 Å². The first-order valence-corrected chi connectivity index (χ1v) is 13.7. The lowest BCUT2D eigenvalue weighted by atomic mass is 10.1. The number of nitrogens with one attached hydrogen (secondary N) is 1. The van der Waals surface area contributed by atoms with Crippen LogP contribution in [0.1, 0.15) is 18.9 Å². The van der Waals surface area contributed by atoms with Crippen molar-refractivity contribution in [2.45, 2.75) is 24.7 Å². The van der Waals surface area contributed by atoms with E-state index in [1.54, 1.807) is 0 Å². The quantitative estimate of drug-likeness (QED) is 0.448. The number of rotatable bonds is 12. The molecule has 11 heteroatoms. The molecule has 0 saturated carbocycles. The first kappa shape index (κ1) is 26.6. The van der Waals surface area contributed by atoms with Gasteiger partial charge in [0, 0.05) is 20.6 Å². The van der Waals surface area contributed by atoms with Crippen LogP contribution in [0.3, 0.4) is 0 Å². The van der Waals surface area contributed by atoms with E-state index in [-0.39, 0.29) is 10.6 Å². The Morgan fingerprint density at radius 3 is 2.09 bits per heavy atom. The van der Waals surface area contributed by atoms with Crippen molar-refractivity contribution in [3.63, 3.8) is 0 Å². The zero-order valence-electron chi connectivity index (χ0n) is 19.3. The van der Waals surface area contributed by atoms with Gasteiger partial charge in [0.15, 0.2) is 0 Å². The highest BCUT2D eigenvalue weighted by molar-refractivity contribution is 7.92. The molecule has 0 aromatic heterocycles. The van der Waals surface area contributed by atoms with Crippen molar-refractivity contribution in [1.29, 1.82) is 0 Å². The minimum atomic E-state index is -3.76. The molecule has 0 atom stereocenters. The van der Waals surface area contributed by atoms with E-state index in [9.17, 15) is 21.6 Å². The van der Waals surface area contributed by atoms with E-state index >= 15 is 0 Å². The average molecular weight is 498 g/mol. The molecule has 0 saturated heterocycles. The lowest BCUT2D eigenvalue weighted by molar-refractivity contribution is -0.119. The predicted octanol–water partition coefficient (Wildman–Crippen LogP) is 1.85. The summed E-state index contributed by atoms with van der Waals surface area (Å²) in [5.74, 6) is 0.361. The molecule has 0 bridgehead atoms. The summed E-state index contributed by atoms with van der Waals surface area (Å²) in [7, 11) is -4.58. The summed E-state index contributed by atoms with van der Waals surface area (Å²) in [6.07, 6.45) is 2.44. The fourth-order valence-corrected chi connectivity index (χ4v) is 4.78. The topological polar surface area (TPSA) is 113 Å². The molecule has 1 amide bonds. The van der Waals surface area contributed by atoms with E-state index in [1.165, 1.54) is 38.4 Å². The van der Waals surface area contributed by atoms with Crippen LogP contribution in [0.25, 0.3) is 0 Å². The number of hydrogen-bond acceptors (Lipinski definition) is 6. The van der Waals surface area contributed by atoms with E-state index < -0.39 is 32.5 Å². The summed E-state index contributed by atoms with van der Waals surface area (Å²) in [6, 6.07) is 13.1. The number of hydrogen-bond donors (Lipinski definition) is 1. The zero-order chi connectivity index (χ0) is 24.6. The van der Waals surface area contributed by atoms with Crippen molar-refractivity contribution in [3.05, 3.63) is 54.1 Å². The summed E-state index contributed by atoms with van der Waals surface area (Å²) in [4.78, 5) is 12.4. The summed E-state index contributed by atoms with van der Waals surface area (Å²) in [6.45, 7) is 2.52. The van der Waals surface area contributed by atoms with E-state index in [0.717, 1.165) is 32.6 Å². The van der Waals surface area contributed by atoms with Crippen molar-refractivity contribution in [3.8, 4) is 5.75 Å². The second-order valence-corrected chi connectivity index (χ2v) is 11.6. The fourth-order valence-electron chi connectivity index (χ4n) is 3.02. The number of carbonyl (C=O) groups is 1. The first-order chi connectivity index (χ1) is 15.4. The second kappa shape index (κ2) is 11.5. The van der Waals surface area contributed by atoms with Crippen molar-refractivity contribution < 1.29 is 26.4 Å². The molecule has 2 aromatic rings. The van der Waals surface area contributed by atoms with Crippen LogP contribution >= 0.6 is 0 Å². The Hall–Kier alpha value is -2.63. The molecule has 0 aliphatic carbocycles. The van der Waals surface area contributed by atoms with Gasteiger partial charge < -0.3 is 10.1 Å². The van der Waals surface area contributed by atoms with Gasteiger partial charge in [-0.1, -0.05) is 12.1 Å². The number of carbonyl (C=O) groups excluding carboxylic acids is 1. The normalized spacial score (nSPS) is 11.9. The molecular weight excluding hydrogens is 466 g/mol. The lowest BCUT2D eigenvalue weighted by Gasteiger charge is -2.22. The van der Waals surface area contributed by atoms with Gasteiger partial charge in [0.05, 0.1) is 23.4 Å². The summed E-state index contributed by atoms with van der Waals surface area (Å²) in [5.41, 5.74) is 1.32. The third-order valence-corrected chi connectivity index (χ3v) is 7.76. The molecule has 9 nitrogen and oxygen atoms in total. The third-order valence-electron chi connectivity index (χ3n) is 4.79. The van der Waals surface area contributed by atoms with Gasteiger partial charge in [-0.3, -0.25) is 9.10 Å². The number of aryl methyl sites for hydroxylation is 1. The van der Waals surface area contributed by atoms with Gasteiger partial charge in [-0.05, 0) is 61.7 Å². The smallest absolute Gasteiger partial charge is 0.242 e. The van der Waals surface area contributed by atoms with Crippen LogP contribution < -0.4 is 14.4 Å². The standard InChI is InChI=1S/C22H31N3O6S2/c1-5-31-20-12-8-18(9-13-20)7-6-16-23-22(26)17-25(32(4,27)28)19-10-14-21(15-11-19)33(29,30)24(2)3/h8-15H,5-7,16-17H2,1-4H3,(H,23,26). The fraction of sp³-hybridized carbons (Fsp3) is 0.409. The maximum absolute atomic E-state index is 12.4. The van der Waals surface area contributed by atoms with Crippen LogP contribution in [0.15, 0.2) is 53.4 Å². The molecule has 1 N–H and O–H groups in total. The maximum atomic E-state index is 12.4. The van der Waals surface area contributed by atoms with Crippen molar-refractivity contribution in [1.82, 2.24) is 9.62 Å². The Morgan fingerprint density at radius 1 is 0.970 bits per heavy atom. The highest BCUT2D eigenvalue weighted by Crippen LogP contribution is 2.21. The molecule has 0 unspecified atom stereocenters. The van der Waals surface area contributed by atoms with Crippen LogP contribution in [0, 0.1) is 0 Å². The van der Waals surface area contributed by atoms with Gasteiger partial charge in [-0.25, -0.2) is 21.1 Å². The molecule has 0 aliphatic heterocycles. The predicted molar refractivity (Wildman–Crippen MR) is 128 cm³/mol. The van der Waals surface area contributed by atoms with E-state index in [4.69, 9.17) is 4.74 Å². The van der Waals surface area contributed by atoms with Crippen molar-refractivity contribution in [2.75, 3.05) is 44.4 Å². The number of sulfonamides is 2. The minimum absolute atomic E-state index is 0.0310. The zero-order valence-corrected chi connectivity index (χ0v) is 20.9. The van der Waals surface area contributed by atoms with Gasteiger partial charge in [0.1, 0.15) is 12.3 Å². The first-order valence-electron chi connectivity index (χ1n) is 10.4. The Bertz CT molecular complexity index is 1130.